The van der Waals surface area contributed by atoms with Crippen molar-refractivity contribution < 1.29 is 14.3 Å². The van der Waals surface area contributed by atoms with Crippen LogP contribution in [0.15, 0.2) is 18.2 Å². The lowest BCUT2D eigenvalue weighted by Crippen LogP contribution is -2.17. The molecule has 1 N–H and O–H groups in total. The van der Waals surface area contributed by atoms with Crippen molar-refractivity contribution >= 4 is 17.6 Å². The summed E-state index contributed by atoms with van der Waals surface area (Å²) < 4.78 is 10.4. The highest BCUT2D eigenvalue weighted by Crippen LogP contribution is 2.33. The van der Waals surface area contributed by atoms with Crippen molar-refractivity contribution in [2.45, 2.75) is 25.7 Å². The van der Waals surface area contributed by atoms with E-state index in [0.717, 1.165) is 24.3 Å². The minimum Gasteiger partial charge on any atom is -0.496 e. The third-order valence-corrected chi connectivity index (χ3v) is 3.33. The molecule has 4 nitrogen and oxygen atoms in total. The van der Waals surface area contributed by atoms with E-state index in [9.17, 15) is 4.79 Å². The van der Waals surface area contributed by atoms with Crippen LogP contribution in [0.3, 0.4) is 0 Å². The number of ether oxygens (including phenoxy) is 2. The molecule has 1 aromatic carbocycles. The normalized spacial score (nSPS) is 12.0. The summed E-state index contributed by atoms with van der Waals surface area (Å²) in [6, 6.07) is 5.47. The Kier molecular flexibility index (Phi) is 7.41. The van der Waals surface area contributed by atoms with Gasteiger partial charge in [-0.15, -0.1) is 0 Å². The number of halogens is 1. The van der Waals surface area contributed by atoms with E-state index < -0.39 is 0 Å². The molecule has 0 bridgehead atoms. The molecule has 0 aliphatic carbocycles. The van der Waals surface area contributed by atoms with Gasteiger partial charge in [-0.1, -0.05) is 11.6 Å². The van der Waals surface area contributed by atoms with Crippen LogP contribution in [0.2, 0.25) is 5.02 Å². The zero-order valence-corrected chi connectivity index (χ0v) is 13.0. The molecule has 0 aliphatic rings. The van der Waals surface area contributed by atoms with Crippen molar-refractivity contribution in [3.05, 3.63) is 28.8 Å². The van der Waals surface area contributed by atoms with Crippen LogP contribution in [-0.2, 0) is 9.53 Å². The van der Waals surface area contributed by atoms with Gasteiger partial charge in [-0.2, -0.15) is 0 Å². The summed E-state index contributed by atoms with van der Waals surface area (Å²) in [5, 5.41) is 3.74. The lowest BCUT2D eigenvalue weighted by Gasteiger charge is -2.19. The van der Waals surface area contributed by atoms with Crippen LogP contribution in [0.4, 0.5) is 0 Å². The Balaban J connectivity index is 2.96. The average molecular weight is 300 g/mol. The fraction of sp³-hybridized carbons (Fsp3) is 0.533. The third kappa shape index (κ3) is 5.02. The molecule has 1 aromatic rings. The Morgan fingerprint density at radius 3 is 2.80 bits per heavy atom. The standard InChI is InChI=1S/C15H22ClNO3/c1-4-20-15(18)9-11(7-8-17-2)13-10-12(16)5-6-14(13)19-3/h5-6,10-11,17H,4,7-9H2,1-3H3. The number of rotatable bonds is 8. The monoisotopic (exact) mass is 299 g/mol. The molecule has 0 radical (unpaired) electrons. The third-order valence-electron chi connectivity index (χ3n) is 3.09. The van der Waals surface area contributed by atoms with Crippen molar-refractivity contribution in [3.63, 3.8) is 0 Å². The number of hydrogen-bond donors (Lipinski definition) is 1. The van der Waals surface area contributed by atoms with Crippen LogP contribution in [0.1, 0.15) is 31.2 Å². The molecule has 0 fully saturated rings. The Labute approximate surface area is 125 Å². The quantitative estimate of drug-likeness (QED) is 0.750. The molecule has 20 heavy (non-hydrogen) atoms. The van der Waals surface area contributed by atoms with Crippen LogP contribution in [-0.4, -0.2) is 33.3 Å². The molecule has 1 atom stereocenters. The highest BCUT2D eigenvalue weighted by atomic mass is 35.5. The van der Waals surface area contributed by atoms with Gasteiger partial charge in [0.1, 0.15) is 5.75 Å². The van der Waals surface area contributed by atoms with Gasteiger partial charge in [0.05, 0.1) is 20.1 Å². The van der Waals surface area contributed by atoms with Gasteiger partial charge in [0.15, 0.2) is 0 Å². The minimum atomic E-state index is -0.198. The second-order valence-corrected chi connectivity index (χ2v) is 4.92. The van der Waals surface area contributed by atoms with Crippen molar-refractivity contribution in [1.82, 2.24) is 5.32 Å². The van der Waals surface area contributed by atoms with Gasteiger partial charge in [-0.25, -0.2) is 0 Å². The van der Waals surface area contributed by atoms with Gasteiger partial charge in [0.2, 0.25) is 0 Å². The summed E-state index contributed by atoms with van der Waals surface area (Å²) in [5.74, 6) is 0.575. The highest BCUT2D eigenvalue weighted by molar-refractivity contribution is 6.30. The number of nitrogens with one attached hydrogen (secondary N) is 1. The molecule has 0 saturated carbocycles. The molecule has 0 heterocycles. The van der Waals surface area contributed by atoms with Gasteiger partial charge in [-0.05, 0) is 56.6 Å². The number of carbonyl (C=O) groups excluding carboxylic acids is 1. The predicted octanol–water partition coefficient (Wildman–Crippen LogP) is 2.99. The highest BCUT2D eigenvalue weighted by Gasteiger charge is 2.20. The van der Waals surface area contributed by atoms with Gasteiger partial charge in [0, 0.05) is 5.02 Å². The Morgan fingerprint density at radius 1 is 1.45 bits per heavy atom. The summed E-state index contributed by atoms with van der Waals surface area (Å²) in [6.07, 6.45) is 1.14. The maximum absolute atomic E-state index is 11.8. The molecule has 112 valence electrons. The van der Waals surface area contributed by atoms with Crippen LogP contribution in [0.25, 0.3) is 0 Å². The van der Waals surface area contributed by atoms with E-state index in [1.807, 2.05) is 19.2 Å². The van der Waals surface area contributed by atoms with Gasteiger partial charge >= 0.3 is 5.97 Å². The molecule has 0 aromatic heterocycles. The average Bonchev–Trinajstić information content (AvgIpc) is 2.43. The summed E-state index contributed by atoms with van der Waals surface area (Å²) in [4.78, 5) is 11.8. The molecular formula is C15H22ClNO3. The van der Waals surface area contributed by atoms with Crippen molar-refractivity contribution in [3.8, 4) is 5.75 Å². The summed E-state index contributed by atoms with van der Waals surface area (Å²) in [5.41, 5.74) is 0.948. The van der Waals surface area contributed by atoms with E-state index in [0.29, 0.717) is 18.1 Å². The van der Waals surface area contributed by atoms with Crippen LogP contribution in [0.5, 0.6) is 5.75 Å². The number of carbonyl (C=O) groups is 1. The minimum absolute atomic E-state index is 0.0233. The Bertz CT molecular complexity index is 437. The fourth-order valence-electron chi connectivity index (χ4n) is 2.13. The topological polar surface area (TPSA) is 47.6 Å². The summed E-state index contributed by atoms with van der Waals surface area (Å²) in [6.45, 7) is 3.00. The second kappa shape index (κ2) is 8.82. The molecule has 0 saturated heterocycles. The van der Waals surface area contributed by atoms with Crippen LogP contribution >= 0.6 is 11.6 Å². The zero-order chi connectivity index (χ0) is 15.0. The molecule has 0 amide bonds. The van der Waals surface area contributed by atoms with Gasteiger partial charge in [0.25, 0.3) is 0 Å². The number of hydrogen-bond acceptors (Lipinski definition) is 4. The molecular weight excluding hydrogens is 278 g/mol. The molecule has 0 aliphatic heterocycles. The maximum Gasteiger partial charge on any atom is 0.306 e. The van der Waals surface area contributed by atoms with Gasteiger partial charge < -0.3 is 14.8 Å². The Morgan fingerprint density at radius 2 is 2.20 bits per heavy atom. The zero-order valence-electron chi connectivity index (χ0n) is 12.2. The largest absolute Gasteiger partial charge is 0.496 e. The van der Waals surface area contributed by atoms with E-state index in [-0.39, 0.29) is 11.9 Å². The van der Waals surface area contributed by atoms with E-state index in [1.165, 1.54) is 0 Å². The predicted molar refractivity (Wildman–Crippen MR) is 80.5 cm³/mol. The first-order chi connectivity index (χ1) is 9.62. The first-order valence-corrected chi connectivity index (χ1v) is 7.13. The van der Waals surface area contributed by atoms with Crippen LogP contribution < -0.4 is 10.1 Å². The molecule has 1 unspecified atom stereocenters. The SMILES string of the molecule is CCOC(=O)CC(CCNC)c1cc(Cl)ccc1OC. The van der Waals surface area contributed by atoms with Crippen molar-refractivity contribution in [2.24, 2.45) is 0 Å². The number of methoxy groups -OCH3 is 1. The van der Waals surface area contributed by atoms with E-state index in [2.05, 4.69) is 5.32 Å². The molecule has 1 rings (SSSR count). The van der Waals surface area contributed by atoms with Crippen molar-refractivity contribution in [2.75, 3.05) is 27.3 Å². The molecule has 0 spiro atoms. The molecule has 5 heteroatoms. The van der Waals surface area contributed by atoms with Gasteiger partial charge in [-0.3, -0.25) is 4.79 Å². The van der Waals surface area contributed by atoms with E-state index in [1.54, 1.807) is 20.1 Å². The van der Waals surface area contributed by atoms with Crippen molar-refractivity contribution in [1.29, 1.82) is 0 Å². The van der Waals surface area contributed by atoms with Crippen LogP contribution in [0, 0.1) is 0 Å². The first kappa shape index (κ1) is 16.8. The lowest BCUT2D eigenvalue weighted by atomic mass is 9.91. The fourth-order valence-corrected chi connectivity index (χ4v) is 2.31. The maximum atomic E-state index is 11.8. The lowest BCUT2D eigenvalue weighted by molar-refractivity contribution is -0.143. The van der Waals surface area contributed by atoms with E-state index >= 15 is 0 Å². The number of esters is 1. The Hall–Kier alpha value is -1.26. The number of benzene rings is 1. The van der Waals surface area contributed by atoms with E-state index in [4.69, 9.17) is 21.1 Å². The first-order valence-electron chi connectivity index (χ1n) is 6.76. The smallest absolute Gasteiger partial charge is 0.306 e. The summed E-state index contributed by atoms with van der Waals surface area (Å²) >= 11 is 6.06. The summed E-state index contributed by atoms with van der Waals surface area (Å²) in [7, 11) is 3.50. The second-order valence-electron chi connectivity index (χ2n) is 4.48.